The zero-order chi connectivity index (χ0) is 12.8. The van der Waals surface area contributed by atoms with E-state index in [1.165, 1.54) is 0 Å². The van der Waals surface area contributed by atoms with Gasteiger partial charge in [-0.2, -0.15) is 0 Å². The smallest absolute Gasteiger partial charge is 0.410 e. The van der Waals surface area contributed by atoms with Crippen molar-refractivity contribution < 1.29 is 9.53 Å². The average molecular weight is 246 g/mol. The molecule has 0 aliphatic carbocycles. The van der Waals surface area contributed by atoms with E-state index in [1.807, 2.05) is 30.3 Å². The third-order valence-electron chi connectivity index (χ3n) is 2.90. The minimum atomic E-state index is -0.301. The van der Waals surface area contributed by atoms with E-state index in [0.29, 0.717) is 26.1 Å². The molecule has 1 saturated heterocycles. The molecule has 1 amide bonds. The lowest BCUT2D eigenvalue weighted by molar-refractivity contribution is 0.156. The first kappa shape index (κ1) is 12.3. The molecule has 94 valence electrons. The Labute approximate surface area is 105 Å². The lowest BCUT2D eigenvalue weighted by Crippen LogP contribution is -2.33. The van der Waals surface area contributed by atoms with Crippen LogP contribution >= 0.6 is 0 Å². The van der Waals surface area contributed by atoms with Crippen molar-refractivity contribution >= 4 is 6.09 Å². The summed E-state index contributed by atoms with van der Waals surface area (Å²) in [6.45, 7) is 1.27. The Hall–Kier alpha value is -2.20. The van der Waals surface area contributed by atoms with Gasteiger partial charge in [0.15, 0.2) is 0 Å². The van der Waals surface area contributed by atoms with Gasteiger partial charge in [-0.05, 0) is 17.5 Å². The van der Waals surface area contributed by atoms with Gasteiger partial charge in [0.05, 0.1) is 6.04 Å². The van der Waals surface area contributed by atoms with Crippen molar-refractivity contribution in [2.75, 3.05) is 13.2 Å². The van der Waals surface area contributed by atoms with E-state index in [2.05, 4.69) is 10.0 Å². The highest BCUT2D eigenvalue weighted by atomic mass is 16.6. The van der Waals surface area contributed by atoms with E-state index in [4.69, 9.17) is 10.3 Å². The Kier molecular flexibility index (Phi) is 4.04. The summed E-state index contributed by atoms with van der Waals surface area (Å²) in [5.74, 6) is 0. The third-order valence-corrected chi connectivity index (χ3v) is 2.90. The lowest BCUT2D eigenvalue weighted by atomic mass is 10.1. The van der Waals surface area contributed by atoms with Gasteiger partial charge in [0.1, 0.15) is 6.61 Å². The number of benzene rings is 1. The van der Waals surface area contributed by atoms with Crippen LogP contribution in [0.3, 0.4) is 0 Å². The quantitative estimate of drug-likeness (QED) is 0.455. The predicted octanol–water partition coefficient (Wildman–Crippen LogP) is 2.71. The molecular weight excluding hydrogens is 232 g/mol. The molecule has 1 heterocycles. The molecule has 0 saturated carbocycles. The Morgan fingerprint density at radius 1 is 1.44 bits per heavy atom. The molecule has 1 atom stereocenters. The molecule has 0 aromatic heterocycles. The van der Waals surface area contributed by atoms with Crippen molar-refractivity contribution in [3.05, 3.63) is 46.3 Å². The largest absolute Gasteiger partial charge is 0.447 e. The monoisotopic (exact) mass is 246 g/mol. The number of rotatable bonds is 5. The first-order valence-electron chi connectivity index (χ1n) is 5.79. The summed E-state index contributed by atoms with van der Waals surface area (Å²) in [4.78, 5) is 16.0. The standard InChI is InChI=1S/C12H14N4O2/c13-15-14-7-6-11-9-18-12(17)16(11)8-10-4-2-1-3-5-10/h1-5,11H,6-9H2. The van der Waals surface area contributed by atoms with Gasteiger partial charge in [-0.15, -0.1) is 0 Å². The van der Waals surface area contributed by atoms with Crippen LogP contribution in [0.15, 0.2) is 35.4 Å². The van der Waals surface area contributed by atoms with Crippen LogP contribution in [-0.4, -0.2) is 30.2 Å². The summed E-state index contributed by atoms with van der Waals surface area (Å²) in [6, 6.07) is 9.73. The first-order valence-corrected chi connectivity index (χ1v) is 5.79. The summed E-state index contributed by atoms with van der Waals surface area (Å²) in [5, 5.41) is 3.49. The van der Waals surface area contributed by atoms with Crippen molar-refractivity contribution in [3.8, 4) is 0 Å². The van der Waals surface area contributed by atoms with Crippen LogP contribution in [0.2, 0.25) is 0 Å². The van der Waals surface area contributed by atoms with Crippen molar-refractivity contribution in [2.24, 2.45) is 5.11 Å². The number of hydrogen-bond acceptors (Lipinski definition) is 3. The molecule has 1 aromatic rings. The molecule has 1 aliphatic heterocycles. The van der Waals surface area contributed by atoms with Crippen molar-refractivity contribution in [3.63, 3.8) is 0 Å². The van der Waals surface area contributed by atoms with Crippen molar-refractivity contribution in [2.45, 2.75) is 19.0 Å². The van der Waals surface area contributed by atoms with E-state index >= 15 is 0 Å². The molecular formula is C12H14N4O2. The second-order valence-corrected chi connectivity index (χ2v) is 4.09. The molecule has 6 nitrogen and oxygen atoms in total. The number of azide groups is 1. The second kappa shape index (κ2) is 5.93. The minimum Gasteiger partial charge on any atom is -0.447 e. The number of cyclic esters (lactones) is 1. The Morgan fingerprint density at radius 3 is 2.94 bits per heavy atom. The maximum atomic E-state index is 11.6. The number of ether oxygens (including phenoxy) is 1. The molecule has 0 spiro atoms. The van der Waals surface area contributed by atoms with Crippen LogP contribution in [-0.2, 0) is 11.3 Å². The van der Waals surface area contributed by atoms with Gasteiger partial charge in [-0.1, -0.05) is 35.4 Å². The highest BCUT2D eigenvalue weighted by molar-refractivity contribution is 5.70. The maximum absolute atomic E-state index is 11.6. The molecule has 0 radical (unpaired) electrons. The van der Waals surface area contributed by atoms with Crippen LogP contribution in [0, 0.1) is 0 Å². The Balaban J connectivity index is 1.99. The Bertz CT molecular complexity index is 456. The molecule has 2 rings (SSSR count). The SMILES string of the molecule is [N-]=[N+]=NCCC1COC(=O)N1Cc1ccccc1. The fraction of sp³-hybridized carbons (Fsp3) is 0.417. The molecule has 1 unspecified atom stereocenters. The van der Waals surface area contributed by atoms with Crippen LogP contribution in [0.5, 0.6) is 0 Å². The van der Waals surface area contributed by atoms with Gasteiger partial charge in [0.2, 0.25) is 0 Å². The second-order valence-electron chi connectivity index (χ2n) is 4.09. The highest BCUT2D eigenvalue weighted by Gasteiger charge is 2.32. The molecule has 6 heteroatoms. The van der Waals surface area contributed by atoms with E-state index < -0.39 is 0 Å². The lowest BCUT2D eigenvalue weighted by Gasteiger charge is -2.20. The van der Waals surface area contributed by atoms with Gasteiger partial charge >= 0.3 is 6.09 Å². The molecule has 0 bridgehead atoms. The van der Waals surface area contributed by atoms with Crippen molar-refractivity contribution in [1.82, 2.24) is 4.90 Å². The third kappa shape index (κ3) is 2.93. The maximum Gasteiger partial charge on any atom is 0.410 e. The van der Waals surface area contributed by atoms with E-state index in [9.17, 15) is 4.79 Å². The van der Waals surface area contributed by atoms with E-state index in [-0.39, 0.29) is 12.1 Å². The summed E-state index contributed by atoms with van der Waals surface area (Å²) in [5.41, 5.74) is 9.30. The topological polar surface area (TPSA) is 78.3 Å². The zero-order valence-electron chi connectivity index (χ0n) is 9.90. The number of carbonyl (C=O) groups excluding carboxylic acids is 1. The Morgan fingerprint density at radius 2 is 2.22 bits per heavy atom. The fourth-order valence-electron chi connectivity index (χ4n) is 1.95. The number of nitrogens with zero attached hydrogens (tertiary/aromatic N) is 4. The normalized spacial score (nSPS) is 18.3. The predicted molar refractivity (Wildman–Crippen MR) is 65.8 cm³/mol. The van der Waals surface area contributed by atoms with Gasteiger partial charge in [-0.3, -0.25) is 4.90 Å². The van der Waals surface area contributed by atoms with Gasteiger partial charge < -0.3 is 4.74 Å². The fourth-order valence-corrected chi connectivity index (χ4v) is 1.95. The number of amides is 1. The summed E-state index contributed by atoms with van der Waals surface area (Å²) >= 11 is 0. The van der Waals surface area contributed by atoms with Crippen LogP contribution in [0.25, 0.3) is 10.4 Å². The zero-order valence-corrected chi connectivity index (χ0v) is 9.90. The summed E-state index contributed by atoms with van der Waals surface area (Å²) in [7, 11) is 0. The average Bonchev–Trinajstić information content (AvgIpc) is 2.73. The van der Waals surface area contributed by atoms with Crippen LogP contribution in [0.4, 0.5) is 4.79 Å². The molecule has 1 aromatic carbocycles. The number of hydrogen-bond donors (Lipinski definition) is 0. The van der Waals surface area contributed by atoms with E-state index in [1.54, 1.807) is 4.90 Å². The van der Waals surface area contributed by atoms with Gasteiger partial charge in [-0.25, -0.2) is 4.79 Å². The number of carbonyl (C=O) groups is 1. The molecule has 1 aliphatic rings. The van der Waals surface area contributed by atoms with Gasteiger partial charge in [0.25, 0.3) is 0 Å². The highest BCUT2D eigenvalue weighted by Crippen LogP contribution is 2.18. The molecule has 18 heavy (non-hydrogen) atoms. The van der Waals surface area contributed by atoms with Crippen LogP contribution in [0.1, 0.15) is 12.0 Å². The molecule has 0 N–H and O–H groups in total. The van der Waals surface area contributed by atoms with E-state index in [0.717, 1.165) is 5.56 Å². The van der Waals surface area contributed by atoms with Crippen LogP contribution < -0.4 is 0 Å². The van der Waals surface area contributed by atoms with Gasteiger partial charge in [0, 0.05) is 18.0 Å². The summed E-state index contributed by atoms with van der Waals surface area (Å²) in [6.07, 6.45) is 0.326. The van der Waals surface area contributed by atoms with Crippen molar-refractivity contribution in [1.29, 1.82) is 0 Å². The summed E-state index contributed by atoms with van der Waals surface area (Å²) < 4.78 is 5.03. The first-order chi connectivity index (χ1) is 8.81. The minimum absolute atomic E-state index is 0.0109. The molecule has 1 fully saturated rings.